The second-order valence-corrected chi connectivity index (χ2v) is 4.82. The van der Waals surface area contributed by atoms with E-state index in [0.29, 0.717) is 18.8 Å². The highest BCUT2D eigenvalue weighted by molar-refractivity contribution is 7.09. The summed E-state index contributed by atoms with van der Waals surface area (Å²) in [6.07, 6.45) is 1.55. The first-order valence-electron chi connectivity index (χ1n) is 6.31. The smallest absolute Gasteiger partial charge is 0.209 e. The summed E-state index contributed by atoms with van der Waals surface area (Å²) in [7, 11) is 0. The van der Waals surface area contributed by atoms with Gasteiger partial charge in [-0.15, -0.1) is 0 Å². The molecule has 0 amide bonds. The number of anilines is 2. The van der Waals surface area contributed by atoms with Crippen LogP contribution in [0.1, 0.15) is 19.2 Å². The average Bonchev–Trinajstić information content (AvgIpc) is 2.90. The normalized spacial score (nSPS) is 10.7. The molecule has 2 rings (SSSR count). The zero-order valence-electron chi connectivity index (χ0n) is 10.8. The summed E-state index contributed by atoms with van der Waals surface area (Å²) in [5.74, 6) is 0.529. The summed E-state index contributed by atoms with van der Waals surface area (Å²) in [5.41, 5.74) is 6.07. The van der Waals surface area contributed by atoms with Crippen molar-refractivity contribution in [1.82, 2.24) is 9.36 Å². The Kier molecular flexibility index (Phi) is 4.81. The summed E-state index contributed by atoms with van der Waals surface area (Å²) in [5, 5.41) is 0.718. The van der Waals surface area contributed by atoms with Crippen LogP contribution in [0.2, 0.25) is 0 Å². The Bertz CT molecular complexity index is 529. The van der Waals surface area contributed by atoms with Gasteiger partial charge in [0.15, 0.2) is 0 Å². The molecule has 0 aliphatic carbocycles. The van der Waals surface area contributed by atoms with Crippen LogP contribution in [0.5, 0.6) is 0 Å². The van der Waals surface area contributed by atoms with Crippen molar-refractivity contribution in [2.24, 2.45) is 5.73 Å². The van der Waals surface area contributed by atoms with Crippen molar-refractivity contribution in [3.63, 3.8) is 0 Å². The van der Waals surface area contributed by atoms with Crippen LogP contribution in [0.15, 0.2) is 24.3 Å². The number of benzene rings is 1. The molecule has 0 fully saturated rings. The molecule has 1 heterocycles. The number of rotatable bonds is 6. The van der Waals surface area contributed by atoms with Gasteiger partial charge in [-0.25, -0.2) is 9.37 Å². The fourth-order valence-corrected chi connectivity index (χ4v) is 2.53. The molecule has 4 nitrogen and oxygen atoms in total. The van der Waals surface area contributed by atoms with Crippen LogP contribution >= 0.6 is 11.5 Å². The third-order valence-electron chi connectivity index (χ3n) is 2.73. The summed E-state index contributed by atoms with van der Waals surface area (Å²) >= 11 is 1.29. The first-order valence-corrected chi connectivity index (χ1v) is 7.08. The quantitative estimate of drug-likeness (QED) is 0.884. The molecule has 1 aromatic carbocycles. The second kappa shape index (κ2) is 6.58. The zero-order valence-corrected chi connectivity index (χ0v) is 11.7. The number of nitrogens with zero attached hydrogens (tertiary/aromatic N) is 3. The van der Waals surface area contributed by atoms with Gasteiger partial charge >= 0.3 is 0 Å². The van der Waals surface area contributed by atoms with Gasteiger partial charge in [0.05, 0.1) is 5.69 Å². The summed E-state index contributed by atoms with van der Waals surface area (Å²) < 4.78 is 18.2. The van der Waals surface area contributed by atoms with E-state index in [0.717, 1.165) is 23.8 Å². The van der Waals surface area contributed by atoms with Gasteiger partial charge in [0.2, 0.25) is 5.13 Å². The molecule has 0 spiro atoms. The number of aromatic nitrogens is 2. The highest BCUT2D eigenvalue weighted by atomic mass is 32.1. The lowest BCUT2D eigenvalue weighted by atomic mass is 10.2. The molecule has 6 heteroatoms. The maximum atomic E-state index is 13.9. The van der Waals surface area contributed by atoms with Gasteiger partial charge in [0.25, 0.3) is 0 Å². The highest BCUT2D eigenvalue weighted by Crippen LogP contribution is 2.29. The maximum absolute atomic E-state index is 13.9. The number of para-hydroxylation sites is 1. The molecular formula is C13H17FN4S. The summed E-state index contributed by atoms with van der Waals surface area (Å²) in [6, 6.07) is 6.69. The largest absolute Gasteiger partial charge is 0.330 e. The molecule has 19 heavy (non-hydrogen) atoms. The first-order chi connectivity index (χ1) is 9.26. The Hall–Kier alpha value is -1.53. The molecule has 102 valence electrons. The maximum Gasteiger partial charge on any atom is 0.209 e. The number of halogens is 1. The van der Waals surface area contributed by atoms with Gasteiger partial charge in [0.1, 0.15) is 11.6 Å². The average molecular weight is 280 g/mol. The van der Waals surface area contributed by atoms with E-state index < -0.39 is 0 Å². The summed E-state index contributed by atoms with van der Waals surface area (Å²) in [6.45, 7) is 3.19. The fraction of sp³-hybridized carbons (Fsp3) is 0.385. The van der Waals surface area contributed by atoms with E-state index in [2.05, 4.69) is 9.36 Å². The topological polar surface area (TPSA) is 55.0 Å². The summed E-state index contributed by atoms with van der Waals surface area (Å²) in [4.78, 5) is 6.27. The van der Waals surface area contributed by atoms with Gasteiger partial charge in [-0.3, -0.25) is 0 Å². The van der Waals surface area contributed by atoms with Crippen molar-refractivity contribution in [2.45, 2.75) is 19.8 Å². The van der Waals surface area contributed by atoms with Gasteiger partial charge in [-0.1, -0.05) is 19.1 Å². The van der Waals surface area contributed by atoms with Gasteiger partial charge < -0.3 is 10.6 Å². The second-order valence-electron chi connectivity index (χ2n) is 4.09. The molecule has 0 aliphatic rings. The van der Waals surface area contributed by atoms with Crippen LogP contribution < -0.4 is 10.6 Å². The third kappa shape index (κ3) is 3.27. The first kappa shape index (κ1) is 13.9. The van der Waals surface area contributed by atoms with Crippen LogP contribution in [0.3, 0.4) is 0 Å². The van der Waals surface area contributed by atoms with Gasteiger partial charge in [-0.2, -0.15) is 4.37 Å². The minimum absolute atomic E-state index is 0.257. The molecule has 0 unspecified atom stereocenters. The lowest BCUT2D eigenvalue weighted by Gasteiger charge is -2.21. The molecule has 0 atom stereocenters. The molecular weight excluding hydrogens is 263 g/mol. The Morgan fingerprint density at radius 2 is 2.16 bits per heavy atom. The van der Waals surface area contributed by atoms with Crippen LogP contribution in [-0.2, 0) is 6.42 Å². The van der Waals surface area contributed by atoms with E-state index in [1.54, 1.807) is 12.1 Å². The van der Waals surface area contributed by atoms with Crippen molar-refractivity contribution in [2.75, 3.05) is 18.0 Å². The van der Waals surface area contributed by atoms with Crippen LogP contribution in [0.4, 0.5) is 15.2 Å². The van der Waals surface area contributed by atoms with Gasteiger partial charge in [-0.05, 0) is 25.1 Å². The minimum Gasteiger partial charge on any atom is -0.330 e. The Balaban J connectivity index is 2.32. The third-order valence-corrected chi connectivity index (χ3v) is 3.51. The number of hydrogen-bond acceptors (Lipinski definition) is 5. The van der Waals surface area contributed by atoms with Crippen molar-refractivity contribution < 1.29 is 4.39 Å². The zero-order chi connectivity index (χ0) is 13.7. The lowest BCUT2D eigenvalue weighted by Crippen LogP contribution is -2.21. The lowest BCUT2D eigenvalue weighted by molar-refractivity contribution is 0.623. The predicted octanol–water partition coefficient (Wildman–Crippen LogP) is 2.73. The molecule has 0 radical (unpaired) electrons. The van der Waals surface area contributed by atoms with E-state index in [-0.39, 0.29) is 5.82 Å². The van der Waals surface area contributed by atoms with E-state index in [1.807, 2.05) is 17.9 Å². The fourth-order valence-electron chi connectivity index (χ4n) is 1.74. The van der Waals surface area contributed by atoms with Crippen LogP contribution in [0, 0.1) is 5.82 Å². The highest BCUT2D eigenvalue weighted by Gasteiger charge is 2.16. The van der Waals surface area contributed by atoms with Crippen molar-refractivity contribution >= 4 is 22.4 Å². The Morgan fingerprint density at radius 1 is 1.37 bits per heavy atom. The van der Waals surface area contributed by atoms with Crippen LogP contribution in [-0.4, -0.2) is 22.4 Å². The van der Waals surface area contributed by atoms with Gasteiger partial charge in [0, 0.05) is 24.5 Å². The number of nitrogens with two attached hydrogens (primary N) is 1. The molecule has 2 aromatic rings. The van der Waals surface area contributed by atoms with E-state index in [4.69, 9.17) is 5.73 Å². The Labute approximate surface area is 116 Å². The van der Waals surface area contributed by atoms with Crippen molar-refractivity contribution in [1.29, 1.82) is 0 Å². The van der Waals surface area contributed by atoms with Crippen molar-refractivity contribution in [3.8, 4) is 0 Å². The number of hydrogen-bond donors (Lipinski definition) is 1. The van der Waals surface area contributed by atoms with E-state index in [1.165, 1.54) is 17.6 Å². The SMILES string of the molecule is CCc1nsc(N(CCCN)c2ccccc2F)n1. The predicted molar refractivity (Wildman–Crippen MR) is 76.4 cm³/mol. The van der Waals surface area contributed by atoms with Crippen LogP contribution in [0.25, 0.3) is 0 Å². The van der Waals surface area contributed by atoms with E-state index in [9.17, 15) is 4.39 Å². The van der Waals surface area contributed by atoms with Crippen molar-refractivity contribution in [3.05, 3.63) is 35.9 Å². The molecule has 2 N–H and O–H groups in total. The molecule has 0 saturated heterocycles. The molecule has 0 saturated carbocycles. The monoisotopic (exact) mass is 280 g/mol. The molecule has 0 bridgehead atoms. The Morgan fingerprint density at radius 3 is 2.79 bits per heavy atom. The van der Waals surface area contributed by atoms with E-state index >= 15 is 0 Å². The standard InChI is InChI=1S/C13H17FN4S/c1-2-12-16-13(19-17-12)18(9-5-8-15)11-7-4-3-6-10(11)14/h3-4,6-7H,2,5,8-9,15H2,1H3. The molecule has 0 aliphatic heterocycles. The molecule has 1 aromatic heterocycles. The minimum atomic E-state index is -0.257. The number of aryl methyl sites for hydroxylation is 1.